The Morgan fingerprint density at radius 2 is 1.85 bits per heavy atom. The smallest absolute Gasteiger partial charge is 0.220 e. The van der Waals surface area contributed by atoms with Crippen molar-refractivity contribution < 1.29 is 9.32 Å². The zero-order valence-electron chi connectivity index (χ0n) is 15.5. The number of nitrogens with one attached hydrogen (secondary N) is 2. The first-order valence-electron chi connectivity index (χ1n) is 9.64. The molecule has 0 saturated heterocycles. The van der Waals surface area contributed by atoms with E-state index < -0.39 is 0 Å². The molecular formula is C21H27N3O2. The van der Waals surface area contributed by atoms with Crippen LogP contribution in [0.25, 0.3) is 0 Å². The van der Waals surface area contributed by atoms with Crippen LogP contribution in [0.1, 0.15) is 47.4 Å². The van der Waals surface area contributed by atoms with Crippen LogP contribution < -0.4 is 10.6 Å². The topological polar surface area (TPSA) is 67.2 Å². The molecule has 1 amide bonds. The van der Waals surface area contributed by atoms with Gasteiger partial charge < -0.3 is 15.2 Å². The highest BCUT2D eigenvalue weighted by Crippen LogP contribution is 2.26. The first-order valence-corrected chi connectivity index (χ1v) is 9.64. The lowest BCUT2D eigenvalue weighted by molar-refractivity contribution is -0.122. The van der Waals surface area contributed by atoms with Gasteiger partial charge in [-0.15, -0.1) is 0 Å². The Morgan fingerprint density at radius 3 is 2.42 bits per heavy atom. The number of aryl methyl sites for hydroxylation is 2. The summed E-state index contributed by atoms with van der Waals surface area (Å²) in [5.74, 6) is 0.940. The molecule has 138 valence electrons. The maximum Gasteiger partial charge on any atom is 0.220 e. The van der Waals surface area contributed by atoms with Crippen LogP contribution in [0.2, 0.25) is 0 Å². The van der Waals surface area contributed by atoms with Crippen molar-refractivity contribution in [3.05, 3.63) is 52.4 Å². The summed E-state index contributed by atoms with van der Waals surface area (Å²) in [6.07, 6.45) is 5.57. The van der Waals surface area contributed by atoms with Crippen molar-refractivity contribution in [2.45, 2.75) is 70.5 Å². The lowest BCUT2D eigenvalue weighted by Crippen LogP contribution is -2.59. The van der Waals surface area contributed by atoms with Crippen LogP contribution in [0.5, 0.6) is 0 Å². The fourth-order valence-corrected chi connectivity index (χ4v) is 4.23. The summed E-state index contributed by atoms with van der Waals surface area (Å²) in [5, 5.41) is 10.9. The second-order valence-corrected chi connectivity index (χ2v) is 7.70. The Kier molecular flexibility index (Phi) is 4.81. The molecule has 1 heterocycles. The van der Waals surface area contributed by atoms with Crippen LogP contribution in [0.4, 0.5) is 0 Å². The van der Waals surface area contributed by atoms with Gasteiger partial charge in [0.15, 0.2) is 0 Å². The number of carbonyl (C=O) groups excluding carboxylic acids is 1. The van der Waals surface area contributed by atoms with Gasteiger partial charge in [-0.25, -0.2) is 0 Å². The van der Waals surface area contributed by atoms with Crippen LogP contribution >= 0.6 is 0 Å². The summed E-state index contributed by atoms with van der Waals surface area (Å²) < 4.78 is 5.17. The molecule has 1 aromatic heterocycles. The van der Waals surface area contributed by atoms with Crippen molar-refractivity contribution in [1.82, 2.24) is 15.8 Å². The van der Waals surface area contributed by atoms with Gasteiger partial charge in [0.1, 0.15) is 5.76 Å². The number of aromatic nitrogens is 1. The first kappa shape index (κ1) is 17.3. The number of benzene rings is 1. The zero-order valence-corrected chi connectivity index (χ0v) is 15.5. The Hall–Kier alpha value is -2.14. The molecule has 2 aliphatic carbocycles. The summed E-state index contributed by atoms with van der Waals surface area (Å²) in [6, 6.07) is 9.85. The van der Waals surface area contributed by atoms with Crippen LogP contribution in [0.3, 0.4) is 0 Å². The summed E-state index contributed by atoms with van der Waals surface area (Å²) in [7, 11) is 0. The maximum atomic E-state index is 12.3. The van der Waals surface area contributed by atoms with E-state index in [1.54, 1.807) is 0 Å². The number of carbonyl (C=O) groups is 1. The number of amides is 1. The minimum absolute atomic E-state index is 0.121. The predicted molar refractivity (Wildman–Crippen MR) is 100 cm³/mol. The molecule has 2 N–H and O–H groups in total. The van der Waals surface area contributed by atoms with Crippen LogP contribution in [0, 0.1) is 13.8 Å². The summed E-state index contributed by atoms with van der Waals surface area (Å²) in [4.78, 5) is 12.3. The molecule has 2 atom stereocenters. The van der Waals surface area contributed by atoms with Gasteiger partial charge in [-0.05, 0) is 57.1 Å². The molecule has 1 saturated carbocycles. The Bertz CT molecular complexity index is 754. The maximum absolute atomic E-state index is 12.3. The van der Waals surface area contributed by atoms with Gasteiger partial charge in [-0.3, -0.25) is 4.79 Å². The van der Waals surface area contributed by atoms with E-state index in [9.17, 15) is 4.79 Å². The lowest BCUT2D eigenvalue weighted by atomic mass is 9.85. The molecule has 0 aliphatic heterocycles. The number of rotatable bonds is 6. The molecule has 1 aromatic carbocycles. The molecule has 1 fully saturated rings. The largest absolute Gasteiger partial charge is 0.361 e. The quantitative estimate of drug-likeness (QED) is 0.838. The van der Waals surface area contributed by atoms with Crippen molar-refractivity contribution >= 4 is 5.91 Å². The van der Waals surface area contributed by atoms with Gasteiger partial charge in [-0.2, -0.15) is 0 Å². The highest BCUT2D eigenvalue weighted by molar-refractivity contribution is 5.76. The average molecular weight is 353 g/mol. The molecular weight excluding hydrogens is 326 g/mol. The molecule has 5 heteroatoms. The zero-order chi connectivity index (χ0) is 18.1. The second kappa shape index (κ2) is 7.23. The van der Waals surface area contributed by atoms with E-state index in [0.29, 0.717) is 24.9 Å². The van der Waals surface area contributed by atoms with Crippen LogP contribution in [-0.4, -0.2) is 29.2 Å². The molecule has 0 radical (unpaired) electrons. The predicted octanol–water partition coefficient (Wildman–Crippen LogP) is 2.63. The van der Waals surface area contributed by atoms with Gasteiger partial charge in [0.2, 0.25) is 5.91 Å². The SMILES string of the molecule is Cc1noc(C)c1CCC(=O)N[C@@H]1CC[C@@H]1NC1Cc2ccccc2C1. The van der Waals surface area contributed by atoms with Gasteiger partial charge in [-0.1, -0.05) is 29.4 Å². The van der Waals surface area contributed by atoms with E-state index in [0.717, 1.165) is 42.7 Å². The molecule has 4 rings (SSSR count). The lowest BCUT2D eigenvalue weighted by Gasteiger charge is -2.39. The second-order valence-electron chi connectivity index (χ2n) is 7.70. The van der Waals surface area contributed by atoms with Crippen molar-refractivity contribution in [2.75, 3.05) is 0 Å². The fourth-order valence-electron chi connectivity index (χ4n) is 4.23. The van der Waals surface area contributed by atoms with Crippen LogP contribution in [0.15, 0.2) is 28.8 Å². The summed E-state index contributed by atoms with van der Waals surface area (Å²) >= 11 is 0. The summed E-state index contributed by atoms with van der Waals surface area (Å²) in [6.45, 7) is 3.83. The minimum Gasteiger partial charge on any atom is -0.361 e. The molecule has 0 spiro atoms. The van der Waals surface area contributed by atoms with Gasteiger partial charge >= 0.3 is 0 Å². The minimum atomic E-state index is 0.121. The van der Waals surface area contributed by atoms with E-state index in [1.807, 2.05) is 13.8 Å². The molecule has 2 aromatic rings. The number of nitrogens with zero attached hydrogens (tertiary/aromatic N) is 1. The fraction of sp³-hybridized carbons (Fsp3) is 0.524. The highest BCUT2D eigenvalue weighted by Gasteiger charge is 2.34. The first-order chi connectivity index (χ1) is 12.6. The van der Waals surface area contributed by atoms with E-state index >= 15 is 0 Å². The third kappa shape index (κ3) is 3.54. The van der Waals surface area contributed by atoms with E-state index in [-0.39, 0.29) is 11.9 Å². The normalized spacial score (nSPS) is 22.1. The van der Waals surface area contributed by atoms with E-state index in [2.05, 4.69) is 40.1 Å². The van der Waals surface area contributed by atoms with Gasteiger partial charge in [0, 0.05) is 30.1 Å². The Labute approximate surface area is 154 Å². The standard InChI is InChI=1S/C21H27N3O2/c1-13-18(14(2)26-24-13)7-10-21(25)23-20-9-8-19(20)22-17-11-15-5-3-4-6-16(15)12-17/h3-6,17,19-20,22H,7-12H2,1-2H3,(H,23,25)/t19-,20+/m0/s1. The molecule has 2 aliphatic rings. The van der Waals surface area contributed by atoms with Crippen molar-refractivity contribution in [2.24, 2.45) is 0 Å². The third-order valence-electron chi connectivity index (χ3n) is 5.90. The third-order valence-corrected chi connectivity index (χ3v) is 5.90. The van der Waals surface area contributed by atoms with Crippen molar-refractivity contribution in [3.8, 4) is 0 Å². The highest BCUT2D eigenvalue weighted by atomic mass is 16.5. The van der Waals surface area contributed by atoms with Gasteiger partial charge in [0.25, 0.3) is 0 Å². The average Bonchev–Trinajstić information content (AvgIpc) is 3.18. The Balaban J connectivity index is 1.24. The van der Waals surface area contributed by atoms with E-state index in [1.165, 1.54) is 11.1 Å². The van der Waals surface area contributed by atoms with Gasteiger partial charge in [0.05, 0.1) is 5.69 Å². The van der Waals surface area contributed by atoms with E-state index in [4.69, 9.17) is 4.52 Å². The molecule has 0 unspecified atom stereocenters. The number of fused-ring (bicyclic) bond motifs is 1. The van der Waals surface area contributed by atoms with Crippen LogP contribution in [-0.2, 0) is 24.1 Å². The number of hydrogen-bond donors (Lipinski definition) is 2. The summed E-state index contributed by atoms with van der Waals surface area (Å²) in [5.41, 5.74) is 4.88. The monoisotopic (exact) mass is 353 g/mol. The number of hydrogen-bond acceptors (Lipinski definition) is 4. The molecule has 0 bridgehead atoms. The molecule has 5 nitrogen and oxygen atoms in total. The van der Waals surface area contributed by atoms with Crippen molar-refractivity contribution in [1.29, 1.82) is 0 Å². The Morgan fingerprint density at radius 1 is 1.15 bits per heavy atom. The molecule has 26 heavy (non-hydrogen) atoms. The van der Waals surface area contributed by atoms with Crippen molar-refractivity contribution in [3.63, 3.8) is 0 Å².